The third-order valence-electron chi connectivity index (χ3n) is 6.28. The fourth-order valence-electron chi connectivity index (χ4n) is 3.95. The van der Waals surface area contributed by atoms with E-state index in [0.29, 0.717) is 44.3 Å². The van der Waals surface area contributed by atoms with Crippen molar-refractivity contribution in [3.8, 4) is 0 Å². The van der Waals surface area contributed by atoms with Crippen molar-refractivity contribution in [2.45, 2.75) is 72.9 Å². The number of carbonyl (C=O) groups excluding carboxylic acids is 2. The lowest BCUT2D eigenvalue weighted by Gasteiger charge is -2.34. The first-order chi connectivity index (χ1) is 12.8. The van der Waals surface area contributed by atoms with Crippen LogP contribution in [0.3, 0.4) is 0 Å². The molecule has 3 rings (SSSR count). The molecule has 1 saturated heterocycles. The van der Waals surface area contributed by atoms with Crippen molar-refractivity contribution < 1.29 is 9.59 Å². The molecule has 1 aliphatic carbocycles. The molecule has 2 heterocycles. The van der Waals surface area contributed by atoms with Gasteiger partial charge in [-0.1, -0.05) is 13.8 Å². The van der Waals surface area contributed by atoms with Crippen molar-refractivity contribution in [3.05, 3.63) is 17.0 Å². The Hall–Kier alpha value is -1.85. The molecule has 1 atom stereocenters. The number of aromatic nitrogens is 2. The lowest BCUT2D eigenvalue weighted by Crippen LogP contribution is -2.48. The molecule has 1 aromatic heterocycles. The molecule has 2 fully saturated rings. The van der Waals surface area contributed by atoms with Gasteiger partial charge in [-0.25, -0.2) is 0 Å². The summed E-state index contributed by atoms with van der Waals surface area (Å²) in [5.74, 6) is 1.36. The van der Waals surface area contributed by atoms with Crippen LogP contribution in [-0.2, 0) is 16.1 Å². The van der Waals surface area contributed by atoms with Crippen molar-refractivity contribution in [1.29, 1.82) is 0 Å². The molecule has 0 radical (unpaired) electrons. The number of aryl methyl sites for hydroxylation is 2. The smallest absolute Gasteiger partial charge is 0.224 e. The number of hydrogen-bond donors (Lipinski definition) is 0. The van der Waals surface area contributed by atoms with E-state index in [1.165, 1.54) is 18.4 Å². The molecule has 1 aromatic rings. The molecule has 0 bridgehead atoms. The summed E-state index contributed by atoms with van der Waals surface area (Å²) in [5, 5.41) is 4.54. The Bertz CT molecular complexity index is 705. The van der Waals surface area contributed by atoms with Gasteiger partial charge in [-0.15, -0.1) is 0 Å². The zero-order chi connectivity index (χ0) is 19.7. The molecule has 6 heteroatoms. The molecular weight excluding hydrogens is 340 g/mol. The highest BCUT2D eigenvalue weighted by molar-refractivity contribution is 5.80. The van der Waals surface area contributed by atoms with Crippen molar-refractivity contribution in [2.75, 3.05) is 19.6 Å². The predicted octanol–water partition coefficient (Wildman–Crippen LogP) is 2.69. The Morgan fingerprint density at radius 2 is 1.93 bits per heavy atom. The number of amides is 2. The van der Waals surface area contributed by atoms with E-state index in [1.807, 2.05) is 16.5 Å². The summed E-state index contributed by atoms with van der Waals surface area (Å²) in [6.45, 7) is 13.1. The number of nitrogens with zero attached hydrogens (tertiary/aromatic N) is 4. The van der Waals surface area contributed by atoms with E-state index < -0.39 is 0 Å². The minimum absolute atomic E-state index is 0.125. The molecule has 6 nitrogen and oxygen atoms in total. The second-order valence-corrected chi connectivity index (χ2v) is 8.66. The van der Waals surface area contributed by atoms with Crippen LogP contribution in [0.2, 0.25) is 0 Å². The van der Waals surface area contributed by atoms with Crippen LogP contribution in [0, 0.1) is 32.6 Å². The average molecular weight is 375 g/mol. The van der Waals surface area contributed by atoms with Gasteiger partial charge >= 0.3 is 0 Å². The first-order valence-corrected chi connectivity index (χ1v) is 10.4. The Kier molecular flexibility index (Phi) is 5.92. The van der Waals surface area contributed by atoms with E-state index in [2.05, 4.69) is 37.7 Å². The van der Waals surface area contributed by atoms with Gasteiger partial charge in [-0.2, -0.15) is 5.10 Å². The molecule has 2 aliphatic rings. The molecule has 0 aromatic carbocycles. The fourth-order valence-corrected chi connectivity index (χ4v) is 3.95. The van der Waals surface area contributed by atoms with E-state index in [0.717, 1.165) is 17.9 Å². The summed E-state index contributed by atoms with van der Waals surface area (Å²) in [6.07, 6.45) is 3.35. The monoisotopic (exact) mass is 374 g/mol. The van der Waals surface area contributed by atoms with Crippen molar-refractivity contribution in [2.24, 2.45) is 11.8 Å². The van der Waals surface area contributed by atoms with Crippen LogP contribution >= 0.6 is 0 Å². The Labute approximate surface area is 162 Å². The maximum atomic E-state index is 12.9. The van der Waals surface area contributed by atoms with Gasteiger partial charge in [-0.05, 0) is 51.0 Å². The maximum Gasteiger partial charge on any atom is 0.224 e. The largest absolute Gasteiger partial charge is 0.340 e. The molecular formula is C21H34N4O2. The van der Waals surface area contributed by atoms with Gasteiger partial charge in [0.05, 0.1) is 11.7 Å². The average Bonchev–Trinajstić information content (AvgIpc) is 3.42. The van der Waals surface area contributed by atoms with E-state index >= 15 is 0 Å². The van der Waals surface area contributed by atoms with Crippen LogP contribution in [0.5, 0.6) is 0 Å². The SMILES string of the molecule is Cc1nn(CCC(=O)N2CCC(=O)N(CC3CC3)[C@H](C(C)C)C2)c(C)c1C. The van der Waals surface area contributed by atoms with Crippen LogP contribution in [0.15, 0.2) is 0 Å². The lowest BCUT2D eigenvalue weighted by atomic mass is 10.0. The standard InChI is InChI=1S/C21H34N4O2/c1-14(2)19-13-23(10-8-21(27)24(19)12-18-6-7-18)20(26)9-11-25-17(5)15(3)16(4)22-25/h14,18-19H,6-13H2,1-5H3/t19-/m0/s1. The summed E-state index contributed by atoms with van der Waals surface area (Å²) in [6, 6.07) is 0.125. The van der Waals surface area contributed by atoms with Gasteiger partial charge < -0.3 is 9.80 Å². The zero-order valence-electron chi connectivity index (χ0n) is 17.5. The van der Waals surface area contributed by atoms with Crippen molar-refractivity contribution >= 4 is 11.8 Å². The Morgan fingerprint density at radius 1 is 1.22 bits per heavy atom. The molecule has 1 aliphatic heterocycles. The van der Waals surface area contributed by atoms with Crippen molar-refractivity contribution in [3.63, 3.8) is 0 Å². The normalized spacial score (nSPS) is 21.1. The number of rotatable bonds is 6. The Morgan fingerprint density at radius 3 is 2.48 bits per heavy atom. The predicted molar refractivity (Wildman–Crippen MR) is 105 cm³/mol. The summed E-state index contributed by atoms with van der Waals surface area (Å²) in [4.78, 5) is 29.6. The highest BCUT2D eigenvalue weighted by Gasteiger charge is 2.36. The van der Waals surface area contributed by atoms with Gasteiger partial charge in [-0.3, -0.25) is 14.3 Å². The van der Waals surface area contributed by atoms with Crippen LogP contribution in [0.1, 0.15) is 56.5 Å². The quantitative estimate of drug-likeness (QED) is 0.769. The van der Waals surface area contributed by atoms with Crippen LogP contribution in [-0.4, -0.2) is 57.1 Å². The van der Waals surface area contributed by atoms with Gasteiger partial charge in [0.25, 0.3) is 0 Å². The van der Waals surface area contributed by atoms with Gasteiger partial charge in [0.2, 0.25) is 11.8 Å². The van der Waals surface area contributed by atoms with E-state index in [-0.39, 0.29) is 17.9 Å². The number of carbonyl (C=O) groups is 2. The van der Waals surface area contributed by atoms with Gasteiger partial charge in [0.1, 0.15) is 0 Å². The summed E-state index contributed by atoms with van der Waals surface area (Å²) in [5.41, 5.74) is 3.34. The fraction of sp³-hybridized carbons (Fsp3) is 0.762. The minimum Gasteiger partial charge on any atom is -0.340 e. The molecule has 0 unspecified atom stereocenters. The maximum absolute atomic E-state index is 12.9. The topological polar surface area (TPSA) is 58.4 Å². The first-order valence-electron chi connectivity index (χ1n) is 10.4. The number of hydrogen-bond acceptors (Lipinski definition) is 3. The lowest BCUT2D eigenvalue weighted by molar-refractivity contribution is -0.134. The summed E-state index contributed by atoms with van der Waals surface area (Å²) >= 11 is 0. The first kappa shape index (κ1) is 19.9. The summed E-state index contributed by atoms with van der Waals surface area (Å²) in [7, 11) is 0. The molecule has 0 N–H and O–H groups in total. The zero-order valence-corrected chi connectivity index (χ0v) is 17.5. The van der Waals surface area contributed by atoms with E-state index in [1.54, 1.807) is 0 Å². The van der Waals surface area contributed by atoms with Crippen molar-refractivity contribution in [1.82, 2.24) is 19.6 Å². The minimum atomic E-state index is 0.125. The molecule has 0 spiro atoms. The third-order valence-corrected chi connectivity index (χ3v) is 6.28. The molecule has 2 amide bonds. The van der Waals surface area contributed by atoms with Crippen LogP contribution < -0.4 is 0 Å². The third kappa shape index (κ3) is 4.53. The highest BCUT2D eigenvalue weighted by Crippen LogP contribution is 2.32. The van der Waals surface area contributed by atoms with E-state index in [9.17, 15) is 9.59 Å². The highest BCUT2D eigenvalue weighted by atomic mass is 16.2. The van der Waals surface area contributed by atoms with Gasteiger partial charge in [0.15, 0.2) is 0 Å². The molecule has 1 saturated carbocycles. The summed E-state index contributed by atoms with van der Waals surface area (Å²) < 4.78 is 1.94. The Balaban J connectivity index is 1.65. The van der Waals surface area contributed by atoms with Crippen LogP contribution in [0.4, 0.5) is 0 Å². The second-order valence-electron chi connectivity index (χ2n) is 8.66. The molecule has 27 heavy (non-hydrogen) atoms. The van der Waals surface area contributed by atoms with Gasteiger partial charge in [0, 0.05) is 44.7 Å². The molecule has 150 valence electrons. The second kappa shape index (κ2) is 8.03. The van der Waals surface area contributed by atoms with Crippen LogP contribution in [0.25, 0.3) is 0 Å². The van der Waals surface area contributed by atoms with E-state index in [4.69, 9.17) is 0 Å².